The lowest BCUT2D eigenvalue weighted by atomic mass is 10.2. The van der Waals surface area contributed by atoms with E-state index >= 15 is 0 Å². The van der Waals surface area contributed by atoms with Gasteiger partial charge in [0.15, 0.2) is 5.82 Å². The summed E-state index contributed by atoms with van der Waals surface area (Å²) in [5.74, 6) is 1.37. The summed E-state index contributed by atoms with van der Waals surface area (Å²) in [7, 11) is 0. The van der Waals surface area contributed by atoms with Crippen LogP contribution in [-0.4, -0.2) is 52.4 Å². The molecule has 3 aromatic rings. The lowest BCUT2D eigenvalue weighted by Gasteiger charge is -2.20. The van der Waals surface area contributed by atoms with Crippen molar-refractivity contribution in [2.45, 2.75) is 23.7 Å². The molecule has 1 aromatic carbocycles. The molecule has 1 saturated heterocycles. The van der Waals surface area contributed by atoms with Gasteiger partial charge in [-0.2, -0.15) is 4.98 Å². The highest BCUT2D eigenvalue weighted by atomic mass is 32.2. The van der Waals surface area contributed by atoms with Gasteiger partial charge in [0, 0.05) is 30.1 Å². The number of hydrogen-bond donors (Lipinski definition) is 0. The van der Waals surface area contributed by atoms with E-state index in [2.05, 4.69) is 38.3 Å². The fourth-order valence-corrected chi connectivity index (χ4v) is 4.97. The molecule has 0 bridgehead atoms. The minimum absolute atomic E-state index is 0.601. The van der Waals surface area contributed by atoms with Crippen molar-refractivity contribution in [1.29, 1.82) is 0 Å². The van der Waals surface area contributed by atoms with Gasteiger partial charge in [-0.05, 0) is 50.0 Å². The lowest BCUT2D eigenvalue weighted by Crippen LogP contribution is -2.30. The van der Waals surface area contributed by atoms with E-state index in [1.54, 1.807) is 0 Å². The van der Waals surface area contributed by atoms with Crippen LogP contribution in [0.1, 0.15) is 17.1 Å². The van der Waals surface area contributed by atoms with Gasteiger partial charge in [0.05, 0.1) is 10.8 Å². The molecule has 0 aliphatic carbocycles. The molecule has 1 fully saturated rings. The third kappa shape index (κ3) is 4.99. The average Bonchev–Trinajstić information content (AvgIpc) is 3.30. The Hall–Kier alpha value is -1.67. The first-order valence-electron chi connectivity index (χ1n) is 9.25. The third-order valence-corrected chi connectivity index (χ3v) is 6.91. The quantitative estimate of drug-likeness (QED) is 0.577. The van der Waals surface area contributed by atoms with Crippen LogP contribution in [-0.2, 0) is 13.1 Å². The molecular weight excluding hydrogens is 376 g/mol. The van der Waals surface area contributed by atoms with E-state index in [0.717, 1.165) is 50.7 Å². The highest BCUT2D eigenvalue weighted by molar-refractivity contribution is 8.00. The van der Waals surface area contributed by atoms with Crippen molar-refractivity contribution >= 4 is 23.1 Å². The smallest absolute Gasteiger partial charge is 0.257 e. The van der Waals surface area contributed by atoms with Gasteiger partial charge in [-0.1, -0.05) is 23.4 Å². The van der Waals surface area contributed by atoms with Crippen LogP contribution in [0.5, 0.6) is 0 Å². The van der Waals surface area contributed by atoms with Crippen molar-refractivity contribution in [2.75, 3.05) is 32.4 Å². The summed E-state index contributed by atoms with van der Waals surface area (Å²) in [5.41, 5.74) is 0.971. The number of nitrogens with zero attached hydrogens (tertiary/aromatic N) is 4. The zero-order valence-corrected chi connectivity index (χ0v) is 17.1. The Labute approximate surface area is 168 Å². The van der Waals surface area contributed by atoms with E-state index in [4.69, 9.17) is 4.52 Å². The first-order valence-corrected chi connectivity index (χ1v) is 11.3. The van der Waals surface area contributed by atoms with Gasteiger partial charge in [0.1, 0.15) is 0 Å². The van der Waals surface area contributed by atoms with Gasteiger partial charge in [-0.15, -0.1) is 23.1 Å². The Kier molecular flexibility index (Phi) is 6.24. The van der Waals surface area contributed by atoms with Crippen LogP contribution in [0, 0.1) is 0 Å². The van der Waals surface area contributed by atoms with Crippen molar-refractivity contribution < 1.29 is 4.52 Å². The second-order valence-electron chi connectivity index (χ2n) is 6.71. The predicted octanol–water partition coefficient (Wildman–Crippen LogP) is 4.23. The van der Waals surface area contributed by atoms with Crippen molar-refractivity contribution in [3.05, 3.63) is 53.2 Å². The summed E-state index contributed by atoms with van der Waals surface area (Å²) in [6, 6.07) is 14.4. The molecule has 3 heterocycles. The predicted molar refractivity (Wildman–Crippen MR) is 111 cm³/mol. The van der Waals surface area contributed by atoms with E-state index in [0.29, 0.717) is 5.89 Å². The first kappa shape index (κ1) is 18.7. The normalized spacial score (nSPS) is 16.5. The van der Waals surface area contributed by atoms with Crippen LogP contribution in [0.3, 0.4) is 0 Å². The Morgan fingerprint density at radius 3 is 2.52 bits per heavy atom. The third-order valence-electron chi connectivity index (χ3n) is 4.75. The molecular formula is C20H24N4OS2. The molecule has 0 radical (unpaired) electrons. The van der Waals surface area contributed by atoms with Crippen molar-refractivity contribution in [3.63, 3.8) is 0 Å². The van der Waals surface area contributed by atoms with E-state index in [1.807, 2.05) is 53.4 Å². The lowest BCUT2D eigenvalue weighted by molar-refractivity contribution is 0.242. The molecule has 0 unspecified atom stereocenters. The van der Waals surface area contributed by atoms with Gasteiger partial charge in [-0.3, -0.25) is 9.80 Å². The summed E-state index contributed by atoms with van der Waals surface area (Å²) >= 11 is 3.74. The molecule has 1 aliphatic rings. The topological polar surface area (TPSA) is 45.4 Å². The minimum atomic E-state index is 0.601. The number of benzene rings is 1. The zero-order chi connectivity index (χ0) is 18.5. The Bertz CT molecular complexity index is 849. The molecule has 4 rings (SSSR count). The number of hydrogen-bond acceptors (Lipinski definition) is 7. The molecule has 7 heteroatoms. The van der Waals surface area contributed by atoms with Gasteiger partial charge < -0.3 is 4.52 Å². The SMILES string of the molecule is CSc1ccc(CN2CCCN(Cc3noc(-c4ccccc4)n3)CC2)s1. The van der Waals surface area contributed by atoms with E-state index in [-0.39, 0.29) is 0 Å². The summed E-state index contributed by atoms with van der Waals surface area (Å²) < 4.78 is 6.83. The maximum Gasteiger partial charge on any atom is 0.257 e. The van der Waals surface area contributed by atoms with E-state index in [9.17, 15) is 0 Å². The standard InChI is InChI=1S/C20H24N4OS2/c1-26-19-9-8-17(27-19)14-23-10-5-11-24(13-12-23)15-18-21-20(25-22-18)16-6-3-2-4-7-16/h2-4,6-9H,5,10-15H2,1H3. The fourth-order valence-electron chi connectivity index (χ4n) is 3.33. The Morgan fingerprint density at radius 2 is 1.78 bits per heavy atom. The van der Waals surface area contributed by atoms with Crippen molar-refractivity contribution in [2.24, 2.45) is 0 Å². The van der Waals surface area contributed by atoms with Crippen molar-refractivity contribution in [3.8, 4) is 11.5 Å². The number of thioether (sulfide) groups is 1. The first-order chi connectivity index (χ1) is 13.3. The average molecular weight is 401 g/mol. The van der Waals surface area contributed by atoms with Crippen LogP contribution in [0.2, 0.25) is 0 Å². The highest BCUT2D eigenvalue weighted by Crippen LogP contribution is 2.26. The van der Waals surface area contributed by atoms with Crippen LogP contribution >= 0.6 is 23.1 Å². The molecule has 0 N–H and O–H groups in total. The molecule has 27 heavy (non-hydrogen) atoms. The zero-order valence-electron chi connectivity index (χ0n) is 15.5. The van der Waals surface area contributed by atoms with Crippen LogP contribution in [0.25, 0.3) is 11.5 Å². The van der Waals surface area contributed by atoms with E-state index < -0.39 is 0 Å². The molecule has 1 aliphatic heterocycles. The van der Waals surface area contributed by atoms with Gasteiger partial charge >= 0.3 is 0 Å². The van der Waals surface area contributed by atoms with Gasteiger partial charge in [0.2, 0.25) is 0 Å². The molecule has 0 saturated carbocycles. The number of rotatable bonds is 6. The summed E-state index contributed by atoms with van der Waals surface area (Å²) in [5, 5.41) is 4.17. The van der Waals surface area contributed by atoms with E-state index in [1.165, 1.54) is 15.5 Å². The summed E-state index contributed by atoms with van der Waals surface area (Å²) in [6.45, 7) is 6.14. The fraction of sp³-hybridized carbons (Fsp3) is 0.400. The van der Waals surface area contributed by atoms with Gasteiger partial charge in [0.25, 0.3) is 5.89 Å². The van der Waals surface area contributed by atoms with Crippen LogP contribution < -0.4 is 0 Å². The molecule has 0 spiro atoms. The Morgan fingerprint density at radius 1 is 1.00 bits per heavy atom. The minimum Gasteiger partial charge on any atom is -0.334 e. The maximum atomic E-state index is 5.44. The number of thiophene rings is 1. The molecule has 2 aromatic heterocycles. The molecule has 142 valence electrons. The molecule has 5 nitrogen and oxygen atoms in total. The van der Waals surface area contributed by atoms with Crippen LogP contribution in [0.15, 0.2) is 51.2 Å². The summed E-state index contributed by atoms with van der Waals surface area (Å²) in [4.78, 5) is 11.0. The maximum absolute atomic E-state index is 5.44. The Balaban J connectivity index is 1.31. The monoisotopic (exact) mass is 400 g/mol. The second kappa shape index (κ2) is 9.01. The largest absolute Gasteiger partial charge is 0.334 e. The number of aromatic nitrogens is 2. The van der Waals surface area contributed by atoms with Crippen LogP contribution in [0.4, 0.5) is 0 Å². The molecule has 0 amide bonds. The van der Waals surface area contributed by atoms with Gasteiger partial charge in [-0.25, -0.2) is 0 Å². The van der Waals surface area contributed by atoms with Crippen molar-refractivity contribution in [1.82, 2.24) is 19.9 Å². The highest BCUT2D eigenvalue weighted by Gasteiger charge is 2.18. The summed E-state index contributed by atoms with van der Waals surface area (Å²) in [6.07, 6.45) is 3.31. The molecule has 0 atom stereocenters. The second-order valence-corrected chi connectivity index (χ2v) is 8.99.